The lowest BCUT2D eigenvalue weighted by molar-refractivity contribution is 0.0353. The van der Waals surface area contributed by atoms with Gasteiger partial charge in [0.1, 0.15) is 0 Å². The predicted octanol–water partition coefficient (Wildman–Crippen LogP) is 3.66. The zero-order valence-corrected chi connectivity index (χ0v) is 18.0. The van der Waals surface area contributed by atoms with E-state index in [4.69, 9.17) is 4.74 Å². The smallest absolute Gasteiger partial charge is 0.193 e. The van der Waals surface area contributed by atoms with Crippen LogP contribution in [0.2, 0.25) is 0 Å². The Morgan fingerprint density at radius 3 is 2.64 bits per heavy atom. The van der Waals surface area contributed by atoms with Crippen LogP contribution in [0.4, 0.5) is 0 Å². The van der Waals surface area contributed by atoms with Gasteiger partial charge in [0.05, 0.1) is 0 Å². The van der Waals surface area contributed by atoms with Gasteiger partial charge in [-0.1, -0.05) is 30.3 Å². The summed E-state index contributed by atoms with van der Waals surface area (Å²) in [6.45, 7) is 5.50. The maximum atomic E-state index is 5.66. The van der Waals surface area contributed by atoms with Gasteiger partial charge in [-0.15, -0.1) is 0 Å². The fraction of sp³-hybridized carbons (Fsp3) is 0.500. The van der Waals surface area contributed by atoms with Crippen LogP contribution in [0, 0.1) is 0 Å². The van der Waals surface area contributed by atoms with Gasteiger partial charge in [-0.2, -0.15) is 11.3 Å². The summed E-state index contributed by atoms with van der Waals surface area (Å²) in [5, 5.41) is 11.8. The minimum absolute atomic E-state index is 0.00727. The van der Waals surface area contributed by atoms with Crippen molar-refractivity contribution < 1.29 is 4.74 Å². The summed E-state index contributed by atoms with van der Waals surface area (Å²) in [6, 6.07) is 13.1. The van der Waals surface area contributed by atoms with Crippen molar-refractivity contribution in [3.63, 3.8) is 0 Å². The Morgan fingerprint density at radius 2 is 2.00 bits per heavy atom. The summed E-state index contributed by atoms with van der Waals surface area (Å²) in [7, 11) is 3.94. The van der Waals surface area contributed by atoms with Crippen LogP contribution in [0.25, 0.3) is 0 Å². The molecule has 1 unspecified atom stereocenters. The summed E-state index contributed by atoms with van der Waals surface area (Å²) in [5.74, 6) is 0.922. The van der Waals surface area contributed by atoms with E-state index in [0.717, 1.165) is 45.1 Å². The van der Waals surface area contributed by atoms with Crippen LogP contribution in [0.1, 0.15) is 36.9 Å². The minimum atomic E-state index is -0.00727. The van der Waals surface area contributed by atoms with Crippen molar-refractivity contribution in [2.75, 3.05) is 33.9 Å². The molecule has 152 valence electrons. The molecule has 0 bridgehead atoms. The lowest BCUT2D eigenvalue weighted by Crippen LogP contribution is -2.58. The van der Waals surface area contributed by atoms with Crippen LogP contribution in [-0.4, -0.2) is 50.3 Å². The van der Waals surface area contributed by atoms with E-state index < -0.39 is 0 Å². The fourth-order valence-electron chi connectivity index (χ4n) is 3.78. The molecular formula is C22H32N4OS. The standard InChI is InChI=1S/C22H32N4OS/c1-18(20-7-5-4-6-8-20)25-22(10-12-27-13-11-22)17-24-21(23-2)26(3)15-19-9-14-28-16-19/h4-9,14,16,18,25H,10-13,15,17H2,1-3H3,(H,23,24). The number of aliphatic imine (C=N–C) groups is 1. The molecule has 0 saturated carbocycles. The molecule has 1 atom stereocenters. The van der Waals surface area contributed by atoms with E-state index in [0.29, 0.717) is 0 Å². The normalized spacial score (nSPS) is 17.9. The van der Waals surface area contributed by atoms with Crippen LogP contribution in [0.3, 0.4) is 0 Å². The summed E-state index contributed by atoms with van der Waals surface area (Å²) in [5.41, 5.74) is 2.62. The molecule has 0 aliphatic carbocycles. The van der Waals surface area contributed by atoms with Gasteiger partial charge in [-0.05, 0) is 47.7 Å². The van der Waals surface area contributed by atoms with Crippen molar-refractivity contribution in [1.29, 1.82) is 0 Å². The third-order valence-corrected chi connectivity index (χ3v) is 6.16. The summed E-state index contributed by atoms with van der Waals surface area (Å²) in [6.07, 6.45) is 1.98. The molecule has 1 aliphatic heterocycles. The van der Waals surface area contributed by atoms with Crippen molar-refractivity contribution in [2.24, 2.45) is 4.99 Å². The average Bonchev–Trinajstić information content (AvgIpc) is 3.23. The number of ether oxygens (including phenoxy) is 1. The van der Waals surface area contributed by atoms with Gasteiger partial charge in [-0.25, -0.2) is 0 Å². The van der Waals surface area contributed by atoms with E-state index in [-0.39, 0.29) is 11.6 Å². The van der Waals surface area contributed by atoms with Crippen molar-refractivity contribution in [1.82, 2.24) is 15.5 Å². The zero-order valence-electron chi connectivity index (χ0n) is 17.1. The van der Waals surface area contributed by atoms with Crippen molar-refractivity contribution in [3.05, 3.63) is 58.3 Å². The van der Waals surface area contributed by atoms with Gasteiger partial charge in [0.15, 0.2) is 5.96 Å². The molecule has 2 N–H and O–H groups in total. The fourth-order valence-corrected chi connectivity index (χ4v) is 4.44. The third kappa shape index (κ3) is 5.56. The molecule has 2 aromatic rings. The van der Waals surface area contributed by atoms with Crippen molar-refractivity contribution >= 4 is 17.3 Å². The van der Waals surface area contributed by atoms with Crippen molar-refractivity contribution in [3.8, 4) is 0 Å². The molecule has 0 amide bonds. The van der Waals surface area contributed by atoms with E-state index >= 15 is 0 Å². The number of nitrogens with zero attached hydrogens (tertiary/aromatic N) is 2. The Bertz CT molecular complexity index is 726. The molecule has 28 heavy (non-hydrogen) atoms. The third-order valence-electron chi connectivity index (χ3n) is 5.43. The quantitative estimate of drug-likeness (QED) is 0.550. The Morgan fingerprint density at radius 1 is 1.25 bits per heavy atom. The first-order valence-electron chi connectivity index (χ1n) is 9.95. The number of thiophene rings is 1. The van der Waals surface area contributed by atoms with E-state index in [2.05, 4.69) is 81.7 Å². The van der Waals surface area contributed by atoms with Gasteiger partial charge in [0.25, 0.3) is 0 Å². The molecule has 3 rings (SSSR count). The summed E-state index contributed by atoms with van der Waals surface area (Å²) < 4.78 is 5.66. The Balaban J connectivity index is 1.64. The molecule has 1 aromatic heterocycles. The maximum absolute atomic E-state index is 5.66. The predicted molar refractivity (Wildman–Crippen MR) is 118 cm³/mol. The number of hydrogen-bond acceptors (Lipinski definition) is 4. The first-order valence-corrected chi connectivity index (χ1v) is 10.9. The highest BCUT2D eigenvalue weighted by Crippen LogP contribution is 2.25. The monoisotopic (exact) mass is 400 g/mol. The van der Waals surface area contributed by atoms with E-state index in [1.54, 1.807) is 11.3 Å². The minimum Gasteiger partial charge on any atom is -0.381 e. The molecule has 1 fully saturated rings. The molecule has 1 aliphatic rings. The SMILES string of the molecule is CN=C(NCC1(NC(C)c2ccccc2)CCOCC1)N(C)Cc1ccsc1. The lowest BCUT2D eigenvalue weighted by Gasteiger charge is -2.41. The zero-order chi connectivity index (χ0) is 19.8. The second-order valence-corrected chi connectivity index (χ2v) is 8.34. The lowest BCUT2D eigenvalue weighted by atomic mass is 9.88. The van der Waals surface area contributed by atoms with Crippen LogP contribution >= 0.6 is 11.3 Å². The number of nitrogens with one attached hydrogen (secondary N) is 2. The van der Waals surface area contributed by atoms with Crippen LogP contribution in [-0.2, 0) is 11.3 Å². The van der Waals surface area contributed by atoms with Gasteiger partial charge in [0, 0.05) is 52.0 Å². The molecule has 1 aromatic carbocycles. The van der Waals surface area contributed by atoms with Gasteiger partial charge < -0.3 is 20.3 Å². The number of rotatable bonds is 7. The van der Waals surface area contributed by atoms with Gasteiger partial charge in [0.2, 0.25) is 0 Å². The number of benzene rings is 1. The Kier molecular flexibility index (Phi) is 7.48. The molecule has 5 nitrogen and oxygen atoms in total. The largest absolute Gasteiger partial charge is 0.381 e. The maximum Gasteiger partial charge on any atom is 0.193 e. The molecule has 0 spiro atoms. The first kappa shape index (κ1) is 20.8. The average molecular weight is 401 g/mol. The Labute approximate surface area is 172 Å². The molecule has 6 heteroatoms. The second kappa shape index (κ2) is 10.0. The topological polar surface area (TPSA) is 48.9 Å². The van der Waals surface area contributed by atoms with Crippen molar-refractivity contribution in [2.45, 2.75) is 37.9 Å². The second-order valence-electron chi connectivity index (χ2n) is 7.56. The highest BCUT2D eigenvalue weighted by Gasteiger charge is 2.34. The van der Waals surface area contributed by atoms with E-state index in [9.17, 15) is 0 Å². The molecular weight excluding hydrogens is 368 g/mol. The van der Waals surface area contributed by atoms with E-state index in [1.807, 2.05) is 7.05 Å². The Hall–Kier alpha value is -1.89. The highest BCUT2D eigenvalue weighted by molar-refractivity contribution is 7.07. The van der Waals surface area contributed by atoms with E-state index in [1.165, 1.54) is 11.1 Å². The van der Waals surface area contributed by atoms with Gasteiger partial charge >= 0.3 is 0 Å². The number of guanidine groups is 1. The van der Waals surface area contributed by atoms with Gasteiger partial charge in [-0.3, -0.25) is 4.99 Å². The molecule has 1 saturated heterocycles. The first-order chi connectivity index (χ1) is 13.6. The van der Waals surface area contributed by atoms with Crippen LogP contribution in [0.15, 0.2) is 52.2 Å². The summed E-state index contributed by atoms with van der Waals surface area (Å²) >= 11 is 1.73. The summed E-state index contributed by atoms with van der Waals surface area (Å²) in [4.78, 5) is 6.67. The van der Waals surface area contributed by atoms with Crippen LogP contribution < -0.4 is 10.6 Å². The molecule has 2 heterocycles. The molecule has 0 radical (unpaired) electrons. The number of hydrogen-bond donors (Lipinski definition) is 2. The highest BCUT2D eigenvalue weighted by atomic mass is 32.1. The van der Waals surface area contributed by atoms with Crippen LogP contribution in [0.5, 0.6) is 0 Å².